The van der Waals surface area contributed by atoms with Gasteiger partial charge in [0.25, 0.3) is 5.91 Å². The highest BCUT2D eigenvalue weighted by Crippen LogP contribution is 2.15. The Kier molecular flexibility index (Phi) is 7.62. The first kappa shape index (κ1) is 20.6. The number of nitrogens with one attached hydrogen (secondary N) is 1. The molecule has 3 rings (SSSR count). The average Bonchev–Trinajstić information content (AvgIpc) is 2.75. The summed E-state index contributed by atoms with van der Waals surface area (Å²) < 4.78 is 5.64. The van der Waals surface area contributed by atoms with Gasteiger partial charge in [0, 0.05) is 51.5 Å². The molecule has 152 valence electrons. The number of piperidine rings is 2. The van der Waals surface area contributed by atoms with Crippen LogP contribution in [0, 0.1) is 0 Å². The lowest BCUT2D eigenvalue weighted by molar-refractivity contribution is -0.126. The minimum Gasteiger partial charge on any atom is -0.378 e. The predicted molar refractivity (Wildman–Crippen MR) is 109 cm³/mol. The largest absolute Gasteiger partial charge is 0.378 e. The van der Waals surface area contributed by atoms with Crippen LogP contribution in [0.2, 0.25) is 0 Å². The Morgan fingerprint density at radius 1 is 1.14 bits per heavy atom. The molecular formula is C22H31N3O3. The van der Waals surface area contributed by atoms with Crippen molar-refractivity contribution in [1.29, 1.82) is 0 Å². The molecule has 6 heteroatoms. The van der Waals surface area contributed by atoms with E-state index in [4.69, 9.17) is 4.74 Å². The summed E-state index contributed by atoms with van der Waals surface area (Å²) in [6, 6.07) is 9.25. The number of hydrogen-bond donors (Lipinski definition) is 1. The standard InChI is InChI=1S/C22H31N3O3/c1-28-20-17-24(13-8-11-21(26)25-14-6-3-7-15-25)16-12-19(20)23-22(27)18-9-4-2-5-10-18/h2,4-5,8-11,19-20H,3,6-7,12-17H2,1H3,(H,23,27). The van der Waals surface area contributed by atoms with Crippen molar-refractivity contribution in [2.45, 2.75) is 37.8 Å². The number of ether oxygens (including phenoxy) is 1. The molecule has 2 fully saturated rings. The fourth-order valence-corrected chi connectivity index (χ4v) is 3.91. The summed E-state index contributed by atoms with van der Waals surface area (Å²) in [6.07, 6.45) is 7.86. The predicted octanol–water partition coefficient (Wildman–Crippen LogP) is 2.07. The van der Waals surface area contributed by atoms with Gasteiger partial charge in [0.2, 0.25) is 5.91 Å². The second-order valence-corrected chi connectivity index (χ2v) is 7.56. The lowest BCUT2D eigenvalue weighted by Crippen LogP contribution is -2.54. The minimum absolute atomic E-state index is 0.00656. The van der Waals surface area contributed by atoms with Gasteiger partial charge in [-0.15, -0.1) is 0 Å². The van der Waals surface area contributed by atoms with Crippen molar-refractivity contribution in [3.8, 4) is 0 Å². The van der Waals surface area contributed by atoms with Crippen molar-refractivity contribution in [3.05, 3.63) is 48.0 Å². The molecule has 0 aliphatic carbocycles. The van der Waals surface area contributed by atoms with E-state index in [1.807, 2.05) is 41.3 Å². The molecule has 2 aliphatic rings. The van der Waals surface area contributed by atoms with Crippen LogP contribution >= 0.6 is 0 Å². The normalized spacial score (nSPS) is 23.7. The molecule has 1 aromatic carbocycles. The van der Waals surface area contributed by atoms with Crippen LogP contribution in [0.25, 0.3) is 0 Å². The molecule has 0 radical (unpaired) electrons. The molecule has 2 atom stereocenters. The van der Waals surface area contributed by atoms with Crippen molar-refractivity contribution >= 4 is 11.8 Å². The Labute approximate surface area is 167 Å². The van der Waals surface area contributed by atoms with Gasteiger partial charge in [0.05, 0.1) is 12.1 Å². The van der Waals surface area contributed by atoms with Crippen LogP contribution in [0.15, 0.2) is 42.5 Å². The first-order chi connectivity index (χ1) is 13.7. The van der Waals surface area contributed by atoms with Gasteiger partial charge in [-0.25, -0.2) is 0 Å². The van der Waals surface area contributed by atoms with E-state index in [9.17, 15) is 9.59 Å². The van der Waals surface area contributed by atoms with Gasteiger partial charge >= 0.3 is 0 Å². The molecule has 2 unspecified atom stereocenters. The first-order valence-corrected chi connectivity index (χ1v) is 10.2. The highest BCUT2D eigenvalue weighted by molar-refractivity contribution is 5.94. The summed E-state index contributed by atoms with van der Waals surface area (Å²) in [5, 5.41) is 3.10. The van der Waals surface area contributed by atoms with E-state index in [0.29, 0.717) is 5.56 Å². The van der Waals surface area contributed by atoms with E-state index in [0.717, 1.165) is 52.0 Å². The monoisotopic (exact) mass is 385 g/mol. The molecular weight excluding hydrogens is 354 g/mol. The summed E-state index contributed by atoms with van der Waals surface area (Å²) in [5.41, 5.74) is 0.666. The number of nitrogens with zero attached hydrogens (tertiary/aromatic N) is 2. The van der Waals surface area contributed by atoms with Crippen LogP contribution in [-0.2, 0) is 9.53 Å². The van der Waals surface area contributed by atoms with E-state index in [2.05, 4.69) is 10.2 Å². The first-order valence-electron chi connectivity index (χ1n) is 10.2. The van der Waals surface area contributed by atoms with Crippen molar-refractivity contribution in [2.75, 3.05) is 39.8 Å². The summed E-state index contributed by atoms with van der Waals surface area (Å²) >= 11 is 0. The van der Waals surface area contributed by atoms with Crippen molar-refractivity contribution in [1.82, 2.24) is 15.1 Å². The number of methoxy groups -OCH3 is 1. The van der Waals surface area contributed by atoms with E-state index >= 15 is 0 Å². The van der Waals surface area contributed by atoms with Crippen LogP contribution in [0.3, 0.4) is 0 Å². The van der Waals surface area contributed by atoms with E-state index in [1.54, 1.807) is 13.2 Å². The minimum atomic E-state index is -0.0624. The van der Waals surface area contributed by atoms with Crippen molar-refractivity contribution < 1.29 is 14.3 Å². The summed E-state index contributed by atoms with van der Waals surface area (Å²) in [4.78, 5) is 28.8. The second-order valence-electron chi connectivity index (χ2n) is 7.56. The molecule has 1 aromatic rings. The van der Waals surface area contributed by atoms with Gasteiger partial charge in [0.15, 0.2) is 0 Å². The number of rotatable bonds is 6. The van der Waals surface area contributed by atoms with Crippen molar-refractivity contribution in [2.24, 2.45) is 0 Å². The fourth-order valence-electron chi connectivity index (χ4n) is 3.91. The Morgan fingerprint density at radius 3 is 2.61 bits per heavy atom. The van der Waals surface area contributed by atoms with E-state index in [1.165, 1.54) is 6.42 Å². The molecule has 2 saturated heterocycles. The Bertz CT molecular complexity index is 671. The molecule has 2 heterocycles. The number of hydrogen-bond acceptors (Lipinski definition) is 4. The van der Waals surface area contributed by atoms with Gasteiger partial charge < -0.3 is 15.0 Å². The topological polar surface area (TPSA) is 61.9 Å². The zero-order valence-electron chi connectivity index (χ0n) is 16.7. The highest BCUT2D eigenvalue weighted by atomic mass is 16.5. The highest BCUT2D eigenvalue weighted by Gasteiger charge is 2.30. The summed E-state index contributed by atoms with van der Waals surface area (Å²) in [6.45, 7) is 4.07. The third-order valence-electron chi connectivity index (χ3n) is 5.59. The number of likely N-dealkylation sites (tertiary alicyclic amines) is 2. The zero-order chi connectivity index (χ0) is 19.8. The molecule has 0 spiro atoms. The maximum atomic E-state index is 12.4. The second kappa shape index (κ2) is 10.4. The Hall–Kier alpha value is -2.18. The zero-order valence-corrected chi connectivity index (χ0v) is 16.7. The van der Waals surface area contributed by atoms with Gasteiger partial charge in [0.1, 0.15) is 0 Å². The summed E-state index contributed by atoms with van der Waals surface area (Å²) in [7, 11) is 1.69. The summed E-state index contributed by atoms with van der Waals surface area (Å²) in [5.74, 6) is 0.0566. The SMILES string of the molecule is COC1CN(CC=CC(=O)N2CCCCC2)CCC1NC(=O)c1ccccc1. The van der Waals surface area contributed by atoms with Crippen molar-refractivity contribution in [3.63, 3.8) is 0 Å². The number of carbonyl (C=O) groups is 2. The maximum Gasteiger partial charge on any atom is 0.251 e. The molecule has 0 bridgehead atoms. The fraction of sp³-hybridized carbons (Fsp3) is 0.545. The molecule has 0 saturated carbocycles. The average molecular weight is 386 g/mol. The lowest BCUT2D eigenvalue weighted by Gasteiger charge is -2.37. The van der Waals surface area contributed by atoms with Crippen LogP contribution < -0.4 is 5.32 Å². The quantitative estimate of drug-likeness (QED) is 0.762. The van der Waals surface area contributed by atoms with Crippen LogP contribution in [0.4, 0.5) is 0 Å². The van der Waals surface area contributed by atoms with E-state index in [-0.39, 0.29) is 24.0 Å². The number of benzene rings is 1. The van der Waals surface area contributed by atoms with E-state index < -0.39 is 0 Å². The van der Waals surface area contributed by atoms with Crippen LogP contribution in [0.5, 0.6) is 0 Å². The number of amides is 2. The molecule has 6 nitrogen and oxygen atoms in total. The third kappa shape index (κ3) is 5.66. The van der Waals surface area contributed by atoms with Crippen LogP contribution in [-0.4, -0.2) is 73.6 Å². The maximum absolute atomic E-state index is 12.4. The van der Waals surface area contributed by atoms with Gasteiger partial charge in [-0.05, 0) is 37.8 Å². The van der Waals surface area contributed by atoms with Crippen LogP contribution in [0.1, 0.15) is 36.0 Å². The number of carbonyl (C=O) groups excluding carboxylic acids is 2. The molecule has 1 N–H and O–H groups in total. The third-order valence-corrected chi connectivity index (χ3v) is 5.59. The molecule has 28 heavy (non-hydrogen) atoms. The van der Waals surface area contributed by atoms with Gasteiger partial charge in [-0.3, -0.25) is 14.5 Å². The lowest BCUT2D eigenvalue weighted by atomic mass is 10.0. The molecule has 0 aromatic heterocycles. The Balaban J connectivity index is 1.46. The molecule has 2 amide bonds. The smallest absolute Gasteiger partial charge is 0.251 e. The van der Waals surface area contributed by atoms with Gasteiger partial charge in [-0.2, -0.15) is 0 Å². The Morgan fingerprint density at radius 2 is 1.89 bits per heavy atom. The molecule has 2 aliphatic heterocycles. The van der Waals surface area contributed by atoms with Gasteiger partial charge in [-0.1, -0.05) is 24.3 Å².